The lowest BCUT2D eigenvalue weighted by Crippen LogP contribution is -2.13. The van der Waals surface area contributed by atoms with Crippen LogP contribution >= 0.6 is 39.1 Å². The molecular formula is C18H14BrCl2N3O. The Morgan fingerprint density at radius 1 is 1.20 bits per heavy atom. The molecule has 1 amide bonds. The summed E-state index contributed by atoms with van der Waals surface area (Å²) in [6, 6.07) is 13.1. The molecule has 1 heterocycles. The molecule has 2 aromatic carbocycles. The van der Waals surface area contributed by atoms with Gasteiger partial charge in [-0.3, -0.25) is 9.48 Å². The molecule has 0 fully saturated rings. The predicted molar refractivity (Wildman–Crippen MR) is 105 cm³/mol. The van der Waals surface area contributed by atoms with Crippen LogP contribution in [0.4, 0.5) is 5.82 Å². The second-order valence-electron chi connectivity index (χ2n) is 5.56. The fraction of sp³-hybridized carbons (Fsp3) is 0.111. The molecule has 0 saturated carbocycles. The van der Waals surface area contributed by atoms with Gasteiger partial charge in [-0.05, 0) is 40.5 Å². The molecule has 1 aromatic heterocycles. The Hall–Kier alpha value is -1.82. The molecule has 128 valence electrons. The maximum Gasteiger partial charge on any atom is 0.258 e. The maximum atomic E-state index is 12.4. The van der Waals surface area contributed by atoms with Crippen molar-refractivity contribution < 1.29 is 4.79 Å². The number of rotatable bonds is 4. The van der Waals surface area contributed by atoms with Crippen molar-refractivity contribution in [2.75, 3.05) is 5.32 Å². The molecule has 1 N–H and O–H groups in total. The quantitative estimate of drug-likeness (QED) is 0.579. The van der Waals surface area contributed by atoms with Gasteiger partial charge >= 0.3 is 0 Å². The van der Waals surface area contributed by atoms with Gasteiger partial charge in [-0.25, -0.2) is 0 Å². The van der Waals surface area contributed by atoms with E-state index >= 15 is 0 Å². The van der Waals surface area contributed by atoms with Crippen molar-refractivity contribution in [2.24, 2.45) is 0 Å². The summed E-state index contributed by atoms with van der Waals surface area (Å²) in [5.41, 5.74) is 2.63. The van der Waals surface area contributed by atoms with Crippen LogP contribution in [0.25, 0.3) is 0 Å². The van der Waals surface area contributed by atoms with Crippen LogP contribution in [0.1, 0.15) is 21.5 Å². The van der Waals surface area contributed by atoms with E-state index in [0.29, 0.717) is 27.4 Å². The van der Waals surface area contributed by atoms with Crippen LogP contribution in [0.3, 0.4) is 0 Å². The zero-order valence-electron chi connectivity index (χ0n) is 13.3. The van der Waals surface area contributed by atoms with Crippen LogP contribution in [-0.4, -0.2) is 15.7 Å². The number of aromatic nitrogens is 2. The summed E-state index contributed by atoms with van der Waals surface area (Å²) in [5, 5.41) is 7.71. The largest absolute Gasteiger partial charge is 0.304 e. The third-order valence-electron chi connectivity index (χ3n) is 3.61. The molecule has 0 atom stereocenters. The predicted octanol–water partition coefficient (Wildman–Crippen LogP) is 5.56. The highest BCUT2D eigenvalue weighted by Gasteiger charge is 2.16. The molecule has 0 aliphatic rings. The van der Waals surface area contributed by atoms with Crippen LogP contribution in [0, 0.1) is 6.92 Å². The molecule has 0 saturated heterocycles. The average Bonchev–Trinajstić information content (AvgIpc) is 2.91. The van der Waals surface area contributed by atoms with Crippen LogP contribution in [-0.2, 0) is 6.54 Å². The molecule has 0 radical (unpaired) electrons. The highest BCUT2D eigenvalue weighted by Crippen LogP contribution is 2.27. The van der Waals surface area contributed by atoms with Crippen LogP contribution in [0.15, 0.2) is 53.1 Å². The Balaban J connectivity index is 1.77. The lowest BCUT2D eigenvalue weighted by atomic mass is 10.1. The van der Waals surface area contributed by atoms with Gasteiger partial charge < -0.3 is 5.32 Å². The Kier molecular flexibility index (Phi) is 5.47. The summed E-state index contributed by atoms with van der Waals surface area (Å²) in [5.74, 6) is 0.0574. The molecule has 4 nitrogen and oxygen atoms in total. The fourth-order valence-corrected chi connectivity index (χ4v) is 3.10. The number of benzene rings is 2. The Morgan fingerprint density at radius 3 is 2.64 bits per heavy atom. The molecule has 0 aliphatic heterocycles. The first kappa shape index (κ1) is 18.0. The van der Waals surface area contributed by atoms with Gasteiger partial charge in [0, 0.05) is 6.20 Å². The van der Waals surface area contributed by atoms with Crippen molar-refractivity contribution in [1.29, 1.82) is 0 Å². The Bertz CT molecular complexity index is 923. The standard InChI is InChI=1S/C18H14BrCl2N3O/c1-11-5-7-12(8-6-11)9-24-10-14(19)17(23-24)22-18(25)13-3-2-4-15(20)16(13)21/h2-8,10H,9H2,1H3,(H,22,23,25). The van der Waals surface area contributed by atoms with Gasteiger partial charge in [-0.15, -0.1) is 0 Å². The second kappa shape index (κ2) is 7.60. The van der Waals surface area contributed by atoms with E-state index in [2.05, 4.69) is 50.6 Å². The van der Waals surface area contributed by atoms with E-state index in [-0.39, 0.29) is 10.9 Å². The molecular weight excluding hydrogens is 425 g/mol. The maximum absolute atomic E-state index is 12.4. The minimum atomic E-state index is -0.367. The third-order valence-corrected chi connectivity index (χ3v) is 5.01. The summed E-state index contributed by atoms with van der Waals surface area (Å²) in [6.07, 6.45) is 1.81. The number of carbonyl (C=O) groups excluding carboxylic acids is 1. The van der Waals surface area contributed by atoms with E-state index < -0.39 is 0 Å². The number of nitrogens with one attached hydrogen (secondary N) is 1. The zero-order chi connectivity index (χ0) is 18.0. The monoisotopic (exact) mass is 437 g/mol. The number of nitrogens with zero attached hydrogens (tertiary/aromatic N) is 2. The minimum Gasteiger partial charge on any atom is -0.304 e. The van der Waals surface area contributed by atoms with Crippen molar-refractivity contribution in [1.82, 2.24) is 9.78 Å². The van der Waals surface area contributed by atoms with Crippen molar-refractivity contribution in [3.8, 4) is 0 Å². The molecule has 0 bridgehead atoms. The van der Waals surface area contributed by atoms with Gasteiger partial charge in [0.25, 0.3) is 5.91 Å². The van der Waals surface area contributed by atoms with Crippen LogP contribution in [0.2, 0.25) is 10.0 Å². The van der Waals surface area contributed by atoms with Crippen molar-refractivity contribution >= 4 is 50.9 Å². The Labute approximate surface area is 163 Å². The highest BCUT2D eigenvalue weighted by molar-refractivity contribution is 9.10. The van der Waals surface area contributed by atoms with Gasteiger partial charge in [0.15, 0.2) is 5.82 Å². The lowest BCUT2D eigenvalue weighted by molar-refractivity contribution is 0.102. The molecule has 0 spiro atoms. The van der Waals surface area contributed by atoms with E-state index in [0.717, 1.165) is 5.56 Å². The number of carbonyl (C=O) groups is 1. The molecule has 3 rings (SSSR count). The first-order valence-corrected chi connectivity index (χ1v) is 9.03. The minimum absolute atomic E-state index is 0.219. The summed E-state index contributed by atoms with van der Waals surface area (Å²) < 4.78 is 2.44. The van der Waals surface area contributed by atoms with Crippen LogP contribution < -0.4 is 5.32 Å². The van der Waals surface area contributed by atoms with Gasteiger partial charge in [0.05, 0.1) is 26.6 Å². The number of anilines is 1. The Morgan fingerprint density at radius 2 is 1.92 bits per heavy atom. The van der Waals surface area contributed by atoms with Crippen molar-refractivity contribution in [2.45, 2.75) is 13.5 Å². The highest BCUT2D eigenvalue weighted by atomic mass is 79.9. The zero-order valence-corrected chi connectivity index (χ0v) is 16.4. The van der Waals surface area contributed by atoms with Crippen molar-refractivity contribution in [3.05, 3.63) is 79.9 Å². The van der Waals surface area contributed by atoms with E-state index in [1.165, 1.54) is 5.56 Å². The number of aryl methyl sites for hydroxylation is 1. The molecule has 7 heteroatoms. The summed E-state index contributed by atoms with van der Waals surface area (Å²) in [6.45, 7) is 2.65. The van der Waals surface area contributed by atoms with E-state index in [1.54, 1.807) is 22.9 Å². The fourth-order valence-electron chi connectivity index (χ4n) is 2.30. The van der Waals surface area contributed by atoms with E-state index in [1.807, 2.05) is 13.1 Å². The molecule has 3 aromatic rings. The third kappa shape index (κ3) is 4.24. The van der Waals surface area contributed by atoms with Gasteiger partial charge in [0.1, 0.15) is 0 Å². The summed E-state index contributed by atoms with van der Waals surface area (Å²) in [7, 11) is 0. The first-order valence-electron chi connectivity index (χ1n) is 7.48. The lowest BCUT2D eigenvalue weighted by Gasteiger charge is -2.06. The summed E-state index contributed by atoms with van der Waals surface area (Å²) in [4.78, 5) is 12.4. The molecule has 0 aliphatic carbocycles. The van der Waals surface area contributed by atoms with Crippen molar-refractivity contribution in [3.63, 3.8) is 0 Å². The van der Waals surface area contributed by atoms with Gasteiger partial charge in [-0.1, -0.05) is 59.1 Å². The number of halogens is 3. The normalized spacial score (nSPS) is 10.7. The first-order chi connectivity index (χ1) is 11.9. The number of hydrogen-bond acceptors (Lipinski definition) is 2. The second-order valence-corrected chi connectivity index (χ2v) is 7.20. The summed E-state index contributed by atoms with van der Waals surface area (Å²) >= 11 is 15.5. The molecule has 25 heavy (non-hydrogen) atoms. The number of hydrogen-bond donors (Lipinski definition) is 1. The van der Waals surface area contributed by atoms with Crippen LogP contribution in [0.5, 0.6) is 0 Å². The topological polar surface area (TPSA) is 46.9 Å². The van der Waals surface area contributed by atoms with Gasteiger partial charge in [-0.2, -0.15) is 5.10 Å². The molecule has 0 unspecified atom stereocenters. The number of amides is 1. The van der Waals surface area contributed by atoms with E-state index in [9.17, 15) is 4.79 Å². The van der Waals surface area contributed by atoms with Gasteiger partial charge in [0.2, 0.25) is 0 Å². The smallest absolute Gasteiger partial charge is 0.258 e. The average molecular weight is 439 g/mol. The van der Waals surface area contributed by atoms with E-state index in [4.69, 9.17) is 23.2 Å². The SMILES string of the molecule is Cc1ccc(Cn2cc(Br)c(NC(=O)c3cccc(Cl)c3Cl)n2)cc1.